The Morgan fingerprint density at radius 2 is 1.67 bits per heavy atom. The summed E-state index contributed by atoms with van der Waals surface area (Å²) in [4.78, 5) is 65.0. The lowest BCUT2D eigenvalue weighted by molar-refractivity contribution is -0.146. The number of aliphatic carboxylic acids is 1. The number of unbranched alkanes of at least 4 members (excludes halogenated alkanes) is 2. The zero-order valence-corrected chi connectivity index (χ0v) is 21.6. The van der Waals surface area contributed by atoms with Crippen molar-refractivity contribution in [1.82, 2.24) is 10.2 Å². The molecule has 4 rings (SSSR count). The minimum absolute atomic E-state index is 0.0956. The summed E-state index contributed by atoms with van der Waals surface area (Å²) >= 11 is 0. The molecule has 0 saturated carbocycles. The van der Waals surface area contributed by atoms with E-state index in [2.05, 4.69) is 5.32 Å². The fraction of sp³-hybridized carbons (Fsp3) is 0.393. The number of carboxylic acid groups (broad SMARTS) is 1. The van der Waals surface area contributed by atoms with Crippen molar-refractivity contribution in [2.24, 2.45) is 0 Å². The van der Waals surface area contributed by atoms with E-state index in [0.717, 1.165) is 4.90 Å². The summed E-state index contributed by atoms with van der Waals surface area (Å²) in [5.74, 6) is -2.48. The number of ether oxygens (including phenoxy) is 2. The van der Waals surface area contributed by atoms with Crippen LogP contribution >= 0.6 is 0 Å². The van der Waals surface area contributed by atoms with Gasteiger partial charge >= 0.3 is 11.9 Å². The first-order valence-electron chi connectivity index (χ1n) is 12.9. The zero-order valence-electron chi connectivity index (χ0n) is 21.6. The number of hydrogen-bond acceptors (Lipinski definition) is 8. The van der Waals surface area contributed by atoms with Gasteiger partial charge in [0.15, 0.2) is 0 Å². The van der Waals surface area contributed by atoms with Crippen LogP contribution in [-0.2, 0) is 19.1 Å². The lowest BCUT2D eigenvalue weighted by atomic mass is 10.1. The summed E-state index contributed by atoms with van der Waals surface area (Å²) in [6.45, 7) is 1.45. The molecule has 2 aromatic carbocycles. The average molecular weight is 538 g/mol. The van der Waals surface area contributed by atoms with Crippen molar-refractivity contribution < 1.29 is 38.6 Å². The van der Waals surface area contributed by atoms with Crippen molar-refractivity contribution >= 4 is 35.3 Å². The fourth-order valence-corrected chi connectivity index (χ4v) is 4.76. The Morgan fingerprint density at radius 1 is 1.00 bits per heavy atom. The van der Waals surface area contributed by atoms with Crippen molar-refractivity contribution in [2.45, 2.75) is 44.7 Å². The summed E-state index contributed by atoms with van der Waals surface area (Å²) in [6.07, 6.45) is 2.06. The number of para-hydroxylation sites is 2. The van der Waals surface area contributed by atoms with Crippen LogP contribution in [0.25, 0.3) is 0 Å². The Kier molecular flexibility index (Phi) is 8.92. The Labute approximate surface area is 225 Å². The second kappa shape index (κ2) is 12.5. The SMILES string of the molecule is CCOC(=O)[C@H](CCCCCN1C(=O)c2ccccc2C1=O)NC1COc2ccccc2N(CC(=O)O)C1=O. The van der Waals surface area contributed by atoms with Crippen molar-refractivity contribution in [2.75, 3.05) is 31.2 Å². The second-order valence-electron chi connectivity index (χ2n) is 9.28. The number of amides is 3. The third kappa shape index (κ3) is 6.26. The normalized spacial score (nSPS) is 17.3. The molecule has 2 aromatic rings. The predicted octanol–water partition coefficient (Wildman–Crippen LogP) is 2.24. The molecule has 2 heterocycles. The Morgan fingerprint density at radius 3 is 2.33 bits per heavy atom. The zero-order chi connectivity index (χ0) is 27.9. The van der Waals surface area contributed by atoms with Gasteiger partial charge in [0.25, 0.3) is 11.8 Å². The molecule has 2 aliphatic rings. The summed E-state index contributed by atoms with van der Waals surface area (Å²) < 4.78 is 11.0. The number of anilines is 1. The van der Waals surface area contributed by atoms with E-state index in [4.69, 9.17) is 9.47 Å². The number of rotatable bonds is 12. The van der Waals surface area contributed by atoms with E-state index in [9.17, 15) is 29.1 Å². The van der Waals surface area contributed by atoms with E-state index < -0.39 is 36.5 Å². The largest absolute Gasteiger partial charge is 0.489 e. The van der Waals surface area contributed by atoms with Gasteiger partial charge in [-0.25, -0.2) is 0 Å². The summed E-state index contributed by atoms with van der Waals surface area (Å²) in [5.41, 5.74) is 1.15. The molecule has 1 unspecified atom stereocenters. The van der Waals surface area contributed by atoms with E-state index in [1.54, 1.807) is 55.5 Å². The number of carboxylic acids is 1. The van der Waals surface area contributed by atoms with Gasteiger partial charge in [0.05, 0.1) is 23.4 Å². The van der Waals surface area contributed by atoms with Crippen molar-refractivity contribution in [1.29, 1.82) is 0 Å². The van der Waals surface area contributed by atoms with Crippen molar-refractivity contribution in [3.63, 3.8) is 0 Å². The second-order valence-corrected chi connectivity index (χ2v) is 9.28. The van der Waals surface area contributed by atoms with E-state index in [1.807, 2.05) is 0 Å². The maximum atomic E-state index is 13.3. The number of carbonyl (C=O) groups is 5. The number of benzene rings is 2. The Hall–Kier alpha value is -4.25. The lowest BCUT2D eigenvalue weighted by Gasteiger charge is -2.26. The van der Waals surface area contributed by atoms with Crippen LogP contribution in [0.5, 0.6) is 5.75 Å². The summed E-state index contributed by atoms with van der Waals surface area (Å²) in [5, 5.41) is 12.4. The first-order valence-corrected chi connectivity index (χ1v) is 12.9. The van der Waals surface area contributed by atoms with Crippen LogP contribution in [0.3, 0.4) is 0 Å². The van der Waals surface area contributed by atoms with Gasteiger partial charge in [0.2, 0.25) is 5.91 Å². The van der Waals surface area contributed by atoms with Gasteiger partial charge in [-0.1, -0.05) is 37.1 Å². The molecular weight excluding hydrogens is 506 g/mol. The Bertz CT molecular complexity index is 1230. The minimum Gasteiger partial charge on any atom is -0.489 e. The molecule has 0 aliphatic carbocycles. The minimum atomic E-state index is -1.18. The van der Waals surface area contributed by atoms with Gasteiger partial charge in [-0.05, 0) is 44.0 Å². The van der Waals surface area contributed by atoms with Gasteiger partial charge in [-0.2, -0.15) is 0 Å². The number of imide groups is 1. The molecule has 0 aromatic heterocycles. The molecule has 2 aliphatic heterocycles. The third-order valence-electron chi connectivity index (χ3n) is 6.65. The molecule has 0 radical (unpaired) electrons. The smallest absolute Gasteiger partial charge is 0.323 e. The van der Waals surface area contributed by atoms with Crippen LogP contribution < -0.4 is 15.0 Å². The van der Waals surface area contributed by atoms with Crippen molar-refractivity contribution in [3.05, 3.63) is 59.7 Å². The van der Waals surface area contributed by atoms with Crippen LogP contribution in [0.4, 0.5) is 5.69 Å². The molecule has 39 heavy (non-hydrogen) atoms. The van der Waals surface area contributed by atoms with Crippen LogP contribution in [-0.4, -0.2) is 78.1 Å². The monoisotopic (exact) mass is 537 g/mol. The first kappa shape index (κ1) is 27.8. The molecule has 206 valence electrons. The highest BCUT2D eigenvalue weighted by atomic mass is 16.5. The van der Waals surface area contributed by atoms with Gasteiger partial charge in [-0.15, -0.1) is 0 Å². The Balaban J connectivity index is 1.36. The van der Waals surface area contributed by atoms with E-state index >= 15 is 0 Å². The number of nitrogens with one attached hydrogen (secondary N) is 1. The average Bonchev–Trinajstić information content (AvgIpc) is 3.09. The standard InChI is InChI=1S/C28H31N3O8/c1-2-38-28(37)20(12-4-3-9-15-30-25(34)18-10-5-6-11-19(18)26(30)35)29-21-17-39-23-14-8-7-13-22(23)31(27(21)36)16-24(32)33/h5-8,10-11,13-14,20-21,29H,2-4,9,12,15-17H2,1H3,(H,32,33)/t20-,21?/m0/s1. The molecule has 0 spiro atoms. The number of fused-ring (bicyclic) bond motifs is 2. The number of hydrogen-bond donors (Lipinski definition) is 2. The molecule has 3 amide bonds. The predicted molar refractivity (Wildman–Crippen MR) is 140 cm³/mol. The molecule has 2 atom stereocenters. The van der Waals surface area contributed by atoms with Crippen LogP contribution in [0.2, 0.25) is 0 Å². The summed E-state index contributed by atoms with van der Waals surface area (Å²) in [6, 6.07) is 11.6. The van der Waals surface area contributed by atoms with Gasteiger partial charge in [0, 0.05) is 6.54 Å². The number of esters is 1. The number of nitrogens with zero attached hydrogens (tertiary/aromatic N) is 2. The van der Waals surface area contributed by atoms with Gasteiger partial charge < -0.3 is 14.6 Å². The first-order chi connectivity index (χ1) is 18.8. The van der Waals surface area contributed by atoms with Crippen LogP contribution in [0.15, 0.2) is 48.5 Å². The quantitative estimate of drug-likeness (QED) is 0.237. The highest BCUT2D eigenvalue weighted by molar-refractivity contribution is 6.21. The van der Waals surface area contributed by atoms with Gasteiger partial charge in [0.1, 0.15) is 31.0 Å². The molecule has 11 heteroatoms. The molecule has 2 N–H and O–H groups in total. The molecule has 0 saturated heterocycles. The number of carbonyl (C=O) groups excluding carboxylic acids is 4. The van der Waals surface area contributed by atoms with Crippen LogP contribution in [0, 0.1) is 0 Å². The molecule has 0 bridgehead atoms. The maximum Gasteiger partial charge on any atom is 0.323 e. The van der Waals surface area contributed by atoms with Gasteiger partial charge in [-0.3, -0.25) is 39.1 Å². The van der Waals surface area contributed by atoms with E-state index in [1.165, 1.54) is 4.90 Å². The topological polar surface area (TPSA) is 143 Å². The molecule has 11 nitrogen and oxygen atoms in total. The van der Waals surface area contributed by atoms with E-state index in [0.29, 0.717) is 48.2 Å². The fourth-order valence-electron chi connectivity index (χ4n) is 4.76. The third-order valence-corrected chi connectivity index (χ3v) is 6.65. The van der Waals surface area contributed by atoms with E-state index in [-0.39, 0.29) is 31.6 Å². The maximum absolute atomic E-state index is 13.3. The molecular formula is C28H31N3O8. The summed E-state index contributed by atoms with van der Waals surface area (Å²) in [7, 11) is 0. The van der Waals surface area contributed by atoms with Crippen molar-refractivity contribution in [3.8, 4) is 5.75 Å². The highest BCUT2D eigenvalue weighted by Crippen LogP contribution is 2.31. The lowest BCUT2D eigenvalue weighted by Crippen LogP contribution is -2.54. The van der Waals surface area contributed by atoms with Crippen LogP contribution in [0.1, 0.15) is 53.3 Å². The highest BCUT2D eigenvalue weighted by Gasteiger charge is 2.36. The molecule has 0 fully saturated rings.